The van der Waals surface area contributed by atoms with Gasteiger partial charge in [0.25, 0.3) is 0 Å². The zero-order valence-corrected chi connectivity index (χ0v) is 13.8. The number of rotatable bonds is 5. The Morgan fingerprint density at radius 3 is 2.43 bits per heavy atom. The van der Waals surface area contributed by atoms with Gasteiger partial charge in [0, 0.05) is 12.0 Å². The Morgan fingerprint density at radius 1 is 1.33 bits per heavy atom. The van der Waals surface area contributed by atoms with Crippen molar-refractivity contribution in [1.82, 2.24) is 15.1 Å². The first-order valence-corrected chi connectivity index (χ1v) is 7.54. The fraction of sp³-hybridized carbons (Fsp3) is 0.692. The summed E-state index contributed by atoms with van der Waals surface area (Å²) in [6.07, 6.45) is 0.797. The maximum Gasteiger partial charge on any atom is 0.324 e. The second kappa shape index (κ2) is 6.84. The third-order valence-corrected chi connectivity index (χ3v) is 3.47. The van der Waals surface area contributed by atoms with Crippen molar-refractivity contribution < 1.29 is 14.7 Å². The number of carbonyl (C=O) groups is 2. The number of amides is 2. The molecule has 1 heterocycles. The Labute approximate surface area is 128 Å². The molecule has 0 aliphatic carbocycles. The second-order valence-corrected chi connectivity index (χ2v) is 7.24. The highest BCUT2D eigenvalue weighted by Crippen LogP contribution is 2.20. The highest BCUT2D eigenvalue weighted by molar-refractivity contribution is 7.15. The van der Waals surface area contributed by atoms with E-state index in [1.165, 1.54) is 16.2 Å². The summed E-state index contributed by atoms with van der Waals surface area (Å²) in [6.45, 7) is 9.12. The number of aliphatic carboxylic acids is 1. The Balaban J connectivity index is 2.77. The predicted molar refractivity (Wildman–Crippen MR) is 81.6 cm³/mol. The number of urea groups is 1. The molecule has 1 aromatic heterocycles. The first kappa shape index (κ1) is 17.4. The van der Waals surface area contributed by atoms with E-state index < -0.39 is 17.5 Å². The summed E-state index contributed by atoms with van der Waals surface area (Å²) in [5, 5.41) is 20.7. The van der Waals surface area contributed by atoms with Gasteiger partial charge in [-0.2, -0.15) is 0 Å². The molecule has 0 unspecified atom stereocenters. The van der Waals surface area contributed by atoms with Crippen molar-refractivity contribution in [2.24, 2.45) is 5.92 Å². The molecule has 2 N–H and O–H groups in total. The van der Waals surface area contributed by atoms with Gasteiger partial charge in [0.05, 0.1) is 0 Å². The van der Waals surface area contributed by atoms with Crippen molar-refractivity contribution in [3.63, 3.8) is 0 Å². The van der Waals surface area contributed by atoms with Crippen LogP contribution in [0.3, 0.4) is 0 Å². The molecule has 0 saturated heterocycles. The number of nitrogens with one attached hydrogen (secondary N) is 1. The van der Waals surface area contributed by atoms with Crippen molar-refractivity contribution in [2.45, 2.75) is 46.6 Å². The van der Waals surface area contributed by atoms with Gasteiger partial charge in [-0.3, -0.25) is 10.1 Å². The van der Waals surface area contributed by atoms with Crippen molar-refractivity contribution in [1.29, 1.82) is 0 Å². The zero-order chi connectivity index (χ0) is 16.2. The largest absolute Gasteiger partial charge is 0.480 e. The monoisotopic (exact) mass is 314 g/mol. The average molecular weight is 314 g/mol. The summed E-state index contributed by atoms with van der Waals surface area (Å²) < 4.78 is 0. The van der Waals surface area contributed by atoms with Crippen molar-refractivity contribution in [2.75, 3.05) is 11.9 Å². The van der Waals surface area contributed by atoms with Gasteiger partial charge < -0.3 is 10.0 Å². The van der Waals surface area contributed by atoms with E-state index in [1.54, 1.807) is 20.8 Å². The lowest BCUT2D eigenvalue weighted by atomic mass is 10.1. The number of carboxylic acid groups (broad SMARTS) is 1. The molecular weight excluding hydrogens is 292 g/mol. The molecule has 0 aliphatic heterocycles. The number of nitrogens with zero attached hydrogens (tertiary/aromatic N) is 3. The molecule has 0 saturated carbocycles. The van der Waals surface area contributed by atoms with Crippen molar-refractivity contribution >= 4 is 28.5 Å². The third kappa shape index (κ3) is 5.66. The van der Waals surface area contributed by atoms with Gasteiger partial charge in [-0.05, 0) is 26.7 Å². The van der Waals surface area contributed by atoms with Gasteiger partial charge >= 0.3 is 12.0 Å². The zero-order valence-electron chi connectivity index (χ0n) is 13.0. The lowest BCUT2D eigenvalue weighted by Crippen LogP contribution is -2.50. The predicted octanol–water partition coefficient (Wildman–Crippen LogP) is 2.45. The van der Waals surface area contributed by atoms with Crippen LogP contribution >= 0.6 is 11.3 Å². The highest BCUT2D eigenvalue weighted by atomic mass is 32.1. The van der Waals surface area contributed by atoms with Crippen molar-refractivity contribution in [3.05, 3.63) is 5.01 Å². The van der Waals surface area contributed by atoms with Crippen LogP contribution < -0.4 is 5.32 Å². The average Bonchev–Trinajstić information content (AvgIpc) is 2.70. The minimum Gasteiger partial charge on any atom is -0.480 e. The molecule has 2 amide bonds. The smallest absolute Gasteiger partial charge is 0.324 e. The first-order chi connectivity index (χ1) is 9.59. The Morgan fingerprint density at radius 2 is 1.95 bits per heavy atom. The number of hydrogen-bond acceptors (Lipinski definition) is 5. The van der Waals surface area contributed by atoms with E-state index in [1.807, 2.05) is 0 Å². The Bertz CT molecular complexity index is 508. The van der Waals surface area contributed by atoms with E-state index in [-0.39, 0.29) is 6.54 Å². The fourth-order valence-electron chi connectivity index (χ4n) is 1.64. The van der Waals surface area contributed by atoms with Crippen LogP contribution in [-0.2, 0) is 11.2 Å². The van der Waals surface area contributed by atoms with Crippen LogP contribution in [0.1, 0.15) is 39.6 Å². The Hall–Kier alpha value is -1.70. The molecule has 0 atom stereocenters. The molecule has 118 valence electrons. The number of carbonyl (C=O) groups excluding carboxylic acids is 1. The van der Waals surface area contributed by atoms with E-state index in [9.17, 15) is 9.59 Å². The molecule has 21 heavy (non-hydrogen) atoms. The standard InChI is InChI=1S/C13H22N4O3S/c1-8(2)6-9-15-16-11(21-9)14-12(20)17(7-10(18)19)13(3,4)5/h8H,6-7H2,1-5H3,(H,18,19)(H,14,16,20). The molecular formula is C13H22N4O3S. The van der Waals surface area contributed by atoms with Gasteiger partial charge in [-0.1, -0.05) is 25.2 Å². The molecule has 7 nitrogen and oxygen atoms in total. The summed E-state index contributed by atoms with van der Waals surface area (Å²) in [5.41, 5.74) is -0.603. The van der Waals surface area contributed by atoms with Gasteiger partial charge in [-0.25, -0.2) is 4.79 Å². The van der Waals surface area contributed by atoms with Crippen LogP contribution in [0.4, 0.5) is 9.93 Å². The maximum atomic E-state index is 12.2. The molecule has 1 aromatic rings. The maximum absolute atomic E-state index is 12.2. The molecule has 8 heteroatoms. The summed E-state index contributed by atoms with van der Waals surface area (Å²) in [6, 6.07) is -0.489. The van der Waals surface area contributed by atoms with E-state index in [4.69, 9.17) is 5.11 Å². The number of anilines is 1. The summed E-state index contributed by atoms with van der Waals surface area (Å²) in [7, 11) is 0. The molecule has 0 aromatic carbocycles. The van der Waals surface area contributed by atoms with E-state index in [2.05, 4.69) is 29.4 Å². The van der Waals surface area contributed by atoms with E-state index >= 15 is 0 Å². The summed E-state index contributed by atoms with van der Waals surface area (Å²) >= 11 is 1.31. The molecule has 1 rings (SSSR count). The number of hydrogen-bond donors (Lipinski definition) is 2. The third-order valence-electron chi connectivity index (χ3n) is 2.61. The van der Waals surface area contributed by atoms with E-state index in [0.717, 1.165) is 11.4 Å². The van der Waals surface area contributed by atoms with E-state index in [0.29, 0.717) is 11.0 Å². The van der Waals surface area contributed by atoms with Gasteiger partial charge in [0.2, 0.25) is 5.13 Å². The topological polar surface area (TPSA) is 95.4 Å². The lowest BCUT2D eigenvalue weighted by Gasteiger charge is -2.33. The van der Waals surface area contributed by atoms with Crippen LogP contribution in [0.5, 0.6) is 0 Å². The van der Waals surface area contributed by atoms with Crippen LogP contribution in [0, 0.1) is 5.92 Å². The van der Waals surface area contributed by atoms with Crippen LogP contribution in [0.25, 0.3) is 0 Å². The van der Waals surface area contributed by atoms with Gasteiger partial charge in [0.1, 0.15) is 11.6 Å². The van der Waals surface area contributed by atoms with Gasteiger partial charge in [-0.15, -0.1) is 10.2 Å². The SMILES string of the molecule is CC(C)Cc1nnc(NC(=O)N(CC(=O)O)C(C)(C)C)s1. The molecule has 0 radical (unpaired) electrons. The number of carboxylic acids is 1. The normalized spacial score (nSPS) is 11.5. The minimum atomic E-state index is -1.06. The quantitative estimate of drug-likeness (QED) is 0.870. The summed E-state index contributed by atoms with van der Waals surface area (Å²) in [4.78, 5) is 24.4. The minimum absolute atomic E-state index is 0.368. The van der Waals surface area contributed by atoms with Crippen LogP contribution in [-0.4, -0.2) is 44.3 Å². The Kier molecular flexibility index (Phi) is 5.65. The summed E-state index contributed by atoms with van der Waals surface area (Å²) in [5.74, 6) is -0.600. The first-order valence-electron chi connectivity index (χ1n) is 6.72. The molecule has 0 fully saturated rings. The molecule has 0 bridgehead atoms. The fourth-order valence-corrected chi connectivity index (χ4v) is 2.59. The number of aromatic nitrogens is 2. The van der Waals surface area contributed by atoms with Crippen LogP contribution in [0.2, 0.25) is 0 Å². The molecule has 0 aliphatic rings. The lowest BCUT2D eigenvalue weighted by molar-refractivity contribution is -0.138. The molecule has 0 spiro atoms. The second-order valence-electron chi connectivity index (χ2n) is 6.18. The highest BCUT2D eigenvalue weighted by Gasteiger charge is 2.29. The van der Waals surface area contributed by atoms with Gasteiger partial charge in [0.15, 0.2) is 0 Å². The van der Waals surface area contributed by atoms with Crippen molar-refractivity contribution in [3.8, 4) is 0 Å². The van der Waals surface area contributed by atoms with Crippen LogP contribution in [0.15, 0.2) is 0 Å².